The molecular weight excluding hydrogens is 304 g/mol. The fourth-order valence-electron chi connectivity index (χ4n) is 2.47. The number of fused-ring (bicyclic) bond motifs is 1. The van der Waals surface area contributed by atoms with Crippen LogP contribution in [0, 0.1) is 18.3 Å². The molecule has 0 aliphatic rings. The lowest BCUT2D eigenvalue weighted by molar-refractivity contribution is 0.421. The number of hydrogen-bond donors (Lipinski definition) is 1. The molecule has 3 rings (SSSR count). The summed E-state index contributed by atoms with van der Waals surface area (Å²) in [5.41, 5.74) is 0.461. The van der Waals surface area contributed by atoms with E-state index in [1.807, 2.05) is 42.5 Å². The Morgan fingerprint density at radius 2 is 1.83 bits per heavy atom. The summed E-state index contributed by atoms with van der Waals surface area (Å²) in [6, 6.07) is 15.3. The van der Waals surface area contributed by atoms with Crippen LogP contribution in [0.15, 0.2) is 57.5 Å². The zero-order valence-electron chi connectivity index (χ0n) is 13.2. The number of benzene rings is 2. The van der Waals surface area contributed by atoms with Crippen LogP contribution >= 0.6 is 0 Å². The van der Waals surface area contributed by atoms with Crippen molar-refractivity contribution in [2.75, 3.05) is 0 Å². The van der Waals surface area contributed by atoms with Crippen molar-refractivity contribution in [2.45, 2.75) is 6.92 Å². The molecule has 0 aliphatic carbocycles. The fourth-order valence-corrected chi connectivity index (χ4v) is 2.47. The average Bonchev–Trinajstić information content (AvgIpc) is 2.60. The van der Waals surface area contributed by atoms with Crippen LogP contribution in [0.2, 0.25) is 0 Å². The Morgan fingerprint density at radius 3 is 2.54 bits per heavy atom. The molecule has 0 unspecified atom stereocenters. The molecule has 6 nitrogen and oxygen atoms in total. The lowest BCUT2D eigenvalue weighted by Gasteiger charge is -2.08. The van der Waals surface area contributed by atoms with Crippen LogP contribution < -0.4 is 5.56 Å². The van der Waals surface area contributed by atoms with Crippen LogP contribution in [-0.2, 0) is 7.05 Å². The normalized spacial score (nSPS) is 11.0. The molecule has 0 fully saturated rings. The first-order valence-corrected chi connectivity index (χ1v) is 7.26. The van der Waals surface area contributed by atoms with Gasteiger partial charge in [-0.25, -0.2) is 0 Å². The summed E-state index contributed by atoms with van der Waals surface area (Å²) in [7, 11) is 1.38. The third-order valence-electron chi connectivity index (χ3n) is 3.89. The van der Waals surface area contributed by atoms with E-state index in [9.17, 15) is 9.90 Å². The summed E-state index contributed by atoms with van der Waals surface area (Å²) < 4.78 is 0.986. The van der Waals surface area contributed by atoms with Crippen LogP contribution in [0.1, 0.15) is 11.1 Å². The molecule has 24 heavy (non-hydrogen) atoms. The smallest absolute Gasteiger partial charge is 0.281 e. The van der Waals surface area contributed by atoms with Gasteiger partial charge in [0.25, 0.3) is 5.56 Å². The van der Waals surface area contributed by atoms with E-state index in [2.05, 4.69) is 10.2 Å². The molecule has 0 atom stereocenters. The van der Waals surface area contributed by atoms with E-state index >= 15 is 0 Å². The van der Waals surface area contributed by atoms with Gasteiger partial charge in [-0.3, -0.25) is 9.36 Å². The Morgan fingerprint density at radius 1 is 1.12 bits per heavy atom. The van der Waals surface area contributed by atoms with Gasteiger partial charge in [0.2, 0.25) is 5.88 Å². The quantitative estimate of drug-likeness (QED) is 0.728. The predicted octanol–water partition coefficient (Wildman–Crippen LogP) is 3.84. The largest absolute Gasteiger partial charge is 0.493 e. The van der Waals surface area contributed by atoms with Crippen molar-refractivity contribution in [1.29, 1.82) is 5.26 Å². The fraction of sp³-hybridized carbons (Fsp3) is 0.111. The Kier molecular flexibility index (Phi) is 3.84. The van der Waals surface area contributed by atoms with Gasteiger partial charge in [-0.05, 0) is 29.8 Å². The number of aromatic nitrogens is 1. The van der Waals surface area contributed by atoms with E-state index in [4.69, 9.17) is 5.26 Å². The minimum atomic E-state index is -0.506. The number of nitrogens with zero attached hydrogens (tertiary/aromatic N) is 4. The lowest BCUT2D eigenvalue weighted by atomic mass is 10.1. The number of pyridine rings is 1. The molecule has 6 heteroatoms. The van der Waals surface area contributed by atoms with Crippen molar-refractivity contribution >= 4 is 22.1 Å². The van der Waals surface area contributed by atoms with Crippen molar-refractivity contribution in [3.8, 4) is 11.9 Å². The van der Waals surface area contributed by atoms with Gasteiger partial charge in [0.15, 0.2) is 5.69 Å². The second kappa shape index (κ2) is 5.97. The number of azo groups is 1. The summed E-state index contributed by atoms with van der Waals surface area (Å²) in [6.07, 6.45) is 0. The Hall–Kier alpha value is -3.46. The number of nitriles is 1. The number of aromatic hydroxyl groups is 1. The predicted molar refractivity (Wildman–Crippen MR) is 90.9 cm³/mol. The van der Waals surface area contributed by atoms with Gasteiger partial charge in [0.05, 0.1) is 5.69 Å². The highest BCUT2D eigenvalue weighted by atomic mass is 16.3. The maximum atomic E-state index is 12.3. The van der Waals surface area contributed by atoms with Crippen LogP contribution in [0.5, 0.6) is 5.88 Å². The van der Waals surface area contributed by atoms with E-state index in [-0.39, 0.29) is 17.1 Å². The minimum Gasteiger partial charge on any atom is -0.493 e. The summed E-state index contributed by atoms with van der Waals surface area (Å²) in [5.74, 6) is -0.371. The van der Waals surface area contributed by atoms with Crippen molar-refractivity contribution in [2.24, 2.45) is 17.3 Å². The van der Waals surface area contributed by atoms with E-state index in [1.165, 1.54) is 7.05 Å². The second-order valence-corrected chi connectivity index (χ2v) is 5.38. The van der Waals surface area contributed by atoms with Crippen LogP contribution in [0.3, 0.4) is 0 Å². The lowest BCUT2D eigenvalue weighted by Crippen LogP contribution is -2.18. The molecule has 0 aliphatic heterocycles. The standard InChI is InChI=1S/C18H14N4O2/c1-11-15(10-19)17(23)22(2)18(24)16(11)21-20-14-8-7-12-5-3-4-6-13(12)9-14/h3-9,23H,1-2H3. The van der Waals surface area contributed by atoms with Crippen molar-refractivity contribution in [1.82, 2.24) is 4.57 Å². The van der Waals surface area contributed by atoms with Crippen LogP contribution in [0.25, 0.3) is 10.8 Å². The molecule has 0 spiro atoms. The molecule has 1 heterocycles. The van der Waals surface area contributed by atoms with Gasteiger partial charge >= 0.3 is 0 Å². The number of rotatable bonds is 2. The Balaban J connectivity index is 2.10. The average molecular weight is 318 g/mol. The van der Waals surface area contributed by atoms with Gasteiger partial charge < -0.3 is 5.11 Å². The molecule has 1 aromatic heterocycles. The Bertz CT molecular complexity index is 1070. The summed E-state index contributed by atoms with van der Waals surface area (Å²) in [6.45, 7) is 1.56. The zero-order valence-corrected chi connectivity index (χ0v) is 13.2. The zero-order chi connectivity index (χ0) is 17.3. The summed E-state index contributed by atoms with van der Waals surface area (Å²) in [5, 5.41) is 29.2. The van der Waals surface area contributed by atoms with E-state index in [0.29, 0.717) is 11.3 Å². The SMILES string of the molecule is Cc1c(C#N)c(O)n(C)c(=O)c1N=Nc1ccc2ccccc2c1. The first-order valence-electron chi connectivity index (χ1n) is 7.26. The highest BCUT2D eigenvalue weighted by Gasteiger charge is 2.16. The first kappa shape index (κ1) is 15.4. The van der Waals surface area contributed by atoms with Gasteiger partial charge in [-0.1, -0.05) is 30.3 Å². The Labute approximate surface area is 137 Å². The van der Waals surface area contributed by atoms with Crippen molar-refractivity contribution in [3.63, 3.8) is 0 Å². The first-order chi connectivity index (χ1) is 11.5. The molecule has 2 aromatic carbocycles. The van der Waals surface area contributed by atoms with E-state index in [0.717, 1.165) is 15.3 Å². The van der Waals surface area contributed by atoms with Gasteiger partial charge in [0.1, 0.15) is 11.6 Å². The molecule has 3 aromatic rings. The third-order valence-corrected chi connectivity index (χ3v) is 3.89. The third kappa shape index (κ3) is 2.52. The summed E-state index contributed by atoms with van der Waals surface area (Å²) in [4.78, 5) is 12.3. The van der Waals surface area contributed by atoms with Crippen molar-refractivity contribution in [3.05, 3.63) is 63.9 Å². The maximum absolute atomic E-state index is 12.3. The topological polar surface area (TPSA) is 90.7 Å². The maximum Gasteiger partial charge on any atom is 0.281 e. The summed E-state index contributed by atoms with van der Waals surface area (Å²) >= 11 is 0. The van der Waals surface area contributed by atoms with Crippen molar-refractivity contribution < 1.29 is 5.11 Å². The van der Waals surface area contributed by atoms with E-state index < -0.39 is 5.56 Å². The van der Waals surface area contributed by atoms with Crippen LogP contribution in [0.4, 0.5) is 11.4 Å². The second-order valence-electron chi connectivity index (χ2n) is 5.38. The molecule has 0 saturated heterocycles. The molecule has 1 N–H and O–H groups in total. The monoisotopic (exact) mass is 318 g/mol. The van der Waals surface area contributed by atoms with Gasteiger partial charge in [-0.15, -0.1) is 5.11 Å². The van der Waals surface area contributed by atoms with E-state index in [1.54, 1.807) is 13.0 Å². The molecule has 0 amide bonds. The highest BCUT2D eigenvalue weighted by Crippen LogP contribution is 2.27. The van der Waals surface area contributed by atoms with Gasteiger partial charge in [0, 0.05) is 12.6 Å². The highest BCUT2D eigenvalue weighted by molar-refractivity contribution is 5.85. The molecule has 118 valence electrons. The number of hydrogen-bond acceptors (Lipinski definition) is 5. The minimum absolute atomic E-state index is 0.0181. The molecule has 0 bridgehead atoms. The van der Waals surface area contributed by atoms with Crippen LogP contribution in [-0.4, -0.2) is 9.67 Å². The molecular formula is C18H14N4O2. The van der Waals surface area contributed by atoms with Gasteiger partial charge in [-0.2, -0.15) is 10.4 Å². The molecule has 0 saturated carbocycles. The molecule has 0 radical (unpaired) electrons.